The normalized spacial score (nSPS) is 24.8. The molecule has 0 aromatic heterocycles. The quantitative estimate of drug-likeness (QED) is 0.917. The predicted molar refractivity (Wildman–Crippen MR) is 85.7 cm³/mol. The zero-order valence-corrected chi connectivity index (χ0v) is 13.2. The number of piperazine rings is 1. The Hall–Kier alpha value is -1.10. The lowest BCUT2D eigenvalue weighted by atomic mass is 10.0. The van der Waals surface area contributed by atoms with Crippen molar-refractivity contribution in [1.82, 2.24) is 9.80 Å². The van der Waals surface area contributed by atoms with Gasteiger partial charge in [-0.3, -0.25) is 9.80 Å². The first-order valence-electron chi connectivity index (χ1n) is 8.04. The van der Waals surface area contributed by atoms with Gasteiger partial charge in [0.15, 0.2) is 0 Å². The second-order valence-corrected chi connectivity index (χ2v) is 6.44. The molecule has 1 aromatic carbocycles. The first-order valence-corrected chi connectivity index (χ1v) is 8.04. The molecule has 2 fully saturated rings. The molecule has 116 valence electrons. The molecular formula is C17H27N3O. The fourth-order valence-corrected chi connectivity index (χ4v) is 3.74. The molecule has 4 heteroatoms. The molecule has 0 radical (unpaired) electrons. The zero-order valence-electron chi connectivity index (χ0n) is 13.2. The Balaban J connectivity index is 1.66. The van der Waals surface area contributed by atoms with Gasteiger partial charge in [-0.2, -0.15) is 0 Å². The highest BCUT2D eigenvalue weighted by Gasteiger charge is 2.31. The lowest BCUT2D eigenvalue weighted by Crippen LogP contribution is -2.51. The van der Waals surface area contributed by atoms with E-state index in [1.807, 2.05) is 6.07 Å². The Bertz CT molecular complexity index is 491. The number of nitrogens with zero attached hydrogens (tertiary/aromatic N) is 2. The third-order valence-electron chi connectivity index (χ3n) is 4.91. The van der Waals surface area contributed by atoms with Crippen molar-refractivity contribution in [2.45, 2.75) is 31.8 Å². The number of nitrogens with two attached hydrogens (primary N) is 1. The third kappa shape index (κ3) is 3.23. The van der Waals surface area contributed by atoms with Crippen molar-refractivity contribution in [2.24, 2.45) is 5.73 Å². The molecule has 4 nitrogen and oxygen atoms in total. The van der Waals surface area contributed by atoms with Gasteiger partial charge in [0.25, 0.3) is 0 Å². The van der Waals surface area contributed by atoms with Crippen molar-refractivity contribution in [3.05, 3.63) is 29.3 Å². The van der Waals surface area contributed by atoms with Gasteiger partial charge in [-0.05, 0) is 32.4 Å². The number of hydrogen-bond acceptors (Lipinski definition) is 4. The first kappa shape index (κ1) is 14.8. The molecule has 2 atom stereocenters. The maximum Gasteiger partial charge on any atom is 0.123 e. The number of hydrogen-bond donors (Lipinski definition) is 1. The summed E-state index contributed by atoms with van der Waals surface area (Å²) in [6.07, 6.45) is 2.70. The highest BCUT2D eigenvalue weighted by molar-refractivity contribution is 5.39. The van der Waals surface area contributed by atoms with Gasteiger partial charge < -0.3 is 10.5 Å². The summed E-state index contributed by atoms with van der Waals surface area (Å²) < 4.78 is 5.47. The third-order valence-corrected chi connectivity index (χ3v) is 4.91. The molecule has 0 spiro atoms. The minimum absolute atomic E-state index is 0.0211. The van der Waals surface area contributed by atoms with Crippen LogP contribution in [0, 0.1) is 6.92 Å². The molecule has 3 rings (SSSR count). The summed E-state index contributed by atoms with van der Waals surface area (Å²) >= 11 is 0. The molecule has 2 unspecified atom stereocenters. The van der Waals surface area contributed by atoms with Gasteiger partial charge in [-0.15, -0.1) is 0 Å². The van der Waals surface area contributed by atoms with Crippen LogP contribution >= 0.6 is 0 Å². The van der Waals surface area contributed by atoms with Gasteiger partial charge in [-0.1, -0.05) is 17.7 Å². The smallest absolute Gasteiger partial charge is 0.123 e. The van der Waals surface area contributed by atoms with Crippen LogP contribution in [0.15, 0.2) is 18.2 Å². The van der Waals surface area contributed by atoms with Crippen LogP contribution in [0.25, 0.3) is 0 Å². The fourth-order valence-electron chi connectivity index (χ4n) is 3.74. The maximum absolute atomic E-state index is 6.47. The summed E-state index contributed by atoms with van der Waals surface area (Å²) in [5.41, 5.74) is 8.84. The fraction of sp³-hybridized carbons (Fsp3) is 0.647. The van der Waals surface area contributed by atoms with E-state index < -0.39 is 0 Å². The molecule has 2 aliphatic heterocycles. The minimum Gasteiger partial charge on any atom is -0.496 e. The van der Waals surface area contributed by atoms with Crippen molar-refractivity contribution >= 4 is 0 Å². The molecule has 2 saturated heterocycles. The van der Waals surface area contributed by atoms with Gasteiger partial charge >= 0.3 is 0 Å². The van der Waals surface area contributed by atoms with Crippen LogP contribution in [0.2, 0.25) is 0 Å². The van der Waals surface area contributed by atoms with E-state index in [-0.39, 0.29) is 6.04 Å². The summed E-state index contributed by atoms with van der Waals surface area (Å²) in [6, 6.07) is 7.04. The standard InChI is InChI=1S/C17H27N3O/c1-13-5-6-17(21-2)15(10-13)16(18)12-19-8-9-20-7-3-4-14(20)11-19/h5-6,10,14,16H,3-4,7-9,11-12,18H2,1-2H3. The Morgan fingerprint density at radius 1 is 1.33 bits per heavy atom. The number of aryl methyl sites for hydroxylation is 1. The van der Waals surface area contributed by atoms with Crippen molar-refractivity contribution in [1.29, 1.82) is 0 Å². The number of benzene rings is 1. The van der Waals surface area contributed by atoms with E-state index in [9.17, 15) is 0 Å². The second-order valence-electron chi connectivity index (χ2n) is 6.44. The van der Waals surface area contributed by atoms with E-state index in [1.54, 1.807) is 7.11 Å². The number of ether oxygens (including phenoxy) is 1. The van der Waals surface area contributed by atoms with Crippen molar-refractivity contribution in [3.8, 4) is 5.75 Å². The summed E-state index contributed by atoms with van der Waals surface area (Å²) in [6.45, 7) is 7.82. The van der Waals surface area contributed by atoms with Gasteiger partial charge in [0, 0.05) is 43.8 Å². The predicted octanol–water partition coefficient (Wildman–Crippen LogP) is 1.78. The van der Waals surface area contributed by atoms with Crippen LogP contribution in [0.1, 0.15) is 30.0 Å². The van der Waals surface area contributed by atoms with E-state index in [0.29, 0.717) is 0 Å². The van der Waals surface area contributed by atoms with Crippen molar-refractivity contribution < 1.29 is 4.74 Å². The van der Waals surface area contributed by atoms with E-state index in [0.717, 1.165) is 30.4 Å². The lowest BCUT2D eigenvalue weighted by molar-refractivity contribution is 0.0996. The number of rotatable bonds is 4. The Kier molecular flexibility index (Phi) is 4.48. The summed E-state index contributed by atoms with van der Waals surface area (Å²) in [5.74, 6) is 0.910. The zero-order chi connectivity index (χ0) is 14.8. The summed E-state index contributed by atoms with van der Waals surface area (Å²) in [4.78, 5) is 5.16. The highest BCUT2D eigenvalue weighted by atomic mass is 16.5. The molecule has 0 aliphatic carbocycles. The van der Waals surface area contributed by atoms with Crippen molar-refractivity contribution in [3.63, 3.8) is 0 Å². The molecule has 2 N–H and O–H groups in total. The maximum atomic E-state index is 6.47. The molecule has 2 aliphatic rings. The van der Waals surface area contributed by atoms with Crippen LogP contribution in [0.5, 0.6) is 5.75 Å². The van der Waals surface area contributed by atoms with E-state index in [2.05, 4.69) is 28.9 Å². The van der Waals surface area contributed by atoms with Crippen LogP contribution in [-0.4, -0.2) is 55.7 Å². The average molecular weight is 289 g/mol. The van der Waals surface area contributed by atoms with E-state index in [4.69, 9.17) is 10.5 Å². The first-order chi connectivity index (χ1) is 10.2. The topological polar surface area (TPSA) is 41.7 Å². The van der Waals surface area contributed by atoms with Crippen LogP contribution < -0.4 is 10.5 Å². The molecule has 1 aromatic rings. The Labute approximate surface area is 127 Å². The Morgan fingerprint density at radius 2 is 2.19 bits per heavy atom. The van der Waals surface area contributed by atoms with Gasteiger partial charge in [-0.25, -0.2) is 0 Å². The number of fused-ring (bicyclic) bond motifs is 1. The Morgan fingerprint density at radius 3 is 3.00 bits per heavy atom. The van der Waals surface area contributed by atoms with Gasteiger partial charge in [0.2, 0.25) is 0 Å². The SMILES string of the molecule is COc1ccc(C)cc1C(N)CN1CCN2CCCC2C1. The minimum atomic E-state index is 0.0211. The van der Waals surface area contributed by atoms with Gasteiger partial charge in [0.05, 0.1) is 7.11 Å². The molecule has 21 heavy (non-hydrogen) atoms. The largest absolute Gasteiger partial charge is 0.496 e. The van der Waals surface area contributed by atoms with Crippen LogP contribution in [0.3, 0.4) is 0 Å². The number of methoxy groups -OCH3 is 1. The lowest BCUT2D eigenvalue weighted by Gasteiger charge is -2.38. The summed E-state index contributed by atoms with van der Waals surface area (Å²) in [5, 5.41) is 0. The molecule has 0 saturated carbocycles. The van der Waals surface area contributed by atoms with Crippen LogP contribution in [-0.2, 0) is 0 Å². The molecular weight excluding hydrogens is 262 g/mol. The van der Waals surface area contributed by atoms with Gasteiger partial charge in [0.1, 0.15) is 5.75 Å². The van der Waals surface area contributed by atoms with Crippen LogP contribution in [0.4, 0.5) is 0 Å². The summed E-state index contributed by atoms with van der Waals surface area (Å²) in [7, 11) is 1.72. The van der Waals surface area contributed by atoms with E-state index >= 15 is 0 Å². The highest BCUT2D eigenvalue weighted by Crippen LogP contribution is 2.27. The molecule has 2 heterocycles. The molecule has 0 bridgehead atoms. The van der Waals surface area contributed by atoms with E-state index in [1.165, 1.54) is 38.0 Å². The second kappa shape index (κ2) is 6.34. The average Bonchev–Trinajstić information content (AvgIpc) is 2.94. The molecule has 0 amide bonds. The van der Waals surface area contributed by atoms with Crippen molar-refractivity contribution in [2.75, 3.05) is 39.8 Å². The monoisotopic (exact) mass is 289 g/mol.